The number of rotatable bonds is 5. The first-order chi connectivity index (χ1) is 11.4. The van der Waals surface area contributed by atoms with Crippen LogP contribution in [-0.2, 0) is 22.4 Å². The molecule has 0 amide bonds. The first kappa shape index (κ1) is 18.0. The molecule has 0 N–H and O–H groups in total. The number of carbonyl (C=O) groups excluding carboxylic acids is 2. The van der Waals surface area contributed by atoms with Crippen LogP contribution in [0, 0.1) is 0 Å². The molecule has 0 radical (unpaired) electrons. The third-order valence-electron chi connectivity index (χ3n) is 3.85. The van der Waals surface area contributed by atoms with Crippen LogP contribution in [0.15, 0.2) is 35.4 Å². The molecule has 0 fully saturated rings. The van der Waals surface area contributed by atoms with Gasteiger partial charge < -0.3 is 9.47 Å². The van der Waals surface area contributed by atoms with Gasteiger partial charge in [-0.15, -0.1) is 0 Å². The van der Waals surface area contributed by atoms with Crippen molar-refractivity contribution in [3.8, 4) is 11.5 Å². The molecule has 1 aromatic carbocycles. The van der Waals surface area contributed by atoms with Gasteiger partial charge in [0.05, 0.1) is 0 Å². The lowest BCUT2D eigenvalue weighted by atomic mass is 9.88. The van der Waals surface area contributed by atoms with Gasteiger partial charge in [0.1, 0.15) is 0 Å². The van der Waals surface area contributed by atoms with E-state index in [2.05, 4.69) is 26.0 Å². The highest BCUT2D eigenvalue weighted by atomic mass is 16.6. The third-order valence-corrected chi connectivity index (χ3v) is 3.85. The van der Waals surface area contributed by atoms with Gasteiger partial charge >= 0.3 is 11.9 Å². The van der Waals surface area contributed by atoms with Gasteiger partial charge in [0, 0.05) is 19.4 Å². The first-order valence-electron chi connectivity index (χ1n) is 8.19. The first-order valence-corrected chi connectivity index (χ1v) is 8.19. The summed E-state index contributed by atoms with van der Waals surface area (Å²) in [6.45, 7) is 6.89. The van der Waals surface area contributed by atoms with Crippen molar-refractivity contribution >= 4 is 11.9 Å². The van der Waals surface area contributed by atoms with Crippen LogP contribution in [0.2, 0.25) is 0 Å². The average Bonchev–Trinajstić information content (AvgIpc) is 2.48. The summed E-state index contributed by atoms with van der Waals surface area (Å²) in [7, 11) is 0. The summed E-state index contributed by atoms with van der Waals surface area (Å²) < 4.78 is 10.5. The minimum atomic E-state index is -0.433. The van der Waals surface area contributed by atoms with Crippen molar-refractivity contribution < 1.29 is 19.1 Å². The van der Waals surface area contributed by atoms with E-state index in [1.54, 1.807) is 6.07 Å². The number of carbonyl (C=O) groups is 2. The molecular formula is C20H24O4. The number of ether oxygens (including phenoxy) is 2. The summed E-state index contributed by atoms with van der Waals surface area (Å²) in [5, 5.41) is 0. The van der Waals surface area contributed by atoms with Gasteiger partial charge in [-0.3, -0.25) is 9.59 Å². The second-order valence-electron chi connectivity index (χ2n) is 6.28. The summed E-state index contributed by atoms with van der Waals surface area (Å²) in [6, 6.07) is 3.66. The molecule has 2 rings (SSSR count). The number of hydrogen-bond donors (Lipinski definition) is 0. The fourth-order valence-corrected chi connectivity index (χ4v) is 2.83. The van der Waals surface area contributed by atoms with Crippen molar-refractivity contribution in [2.24, 2.45) is 0 Å². The van der Waals surface area contributed by atoms with E-state index in [1.807, 2.05) is 6.07 Å². The molecule has 0 bridgehead atoms. The lowest BCUT2D eigenvalue weighted by Gasteiger charge is -2.21. The van der Waals surface area contributed by atoms with Gasteiger partial charge in [-0.05, 0) is 51.2 Å². The summed E-state index contributed by atoms with van der Waals surface area (Å²) in [5.41, 5.74) is 4.76. The van der Waals surface area contributed by atoms with Crippen molar-refractivity contribution in [1.29, 1.82) is 0 Å². The van der Waals surface area contributed by atoms with Crippen molar-refractivity contribution in [1.82, 2.24) is 0 Å². The molecular weight excluding hydrogens is 304 g/mol. The molecule has 0 aromatic heterocycles. The Morgan fingerprint density at radius 1 is 1.08 bits per heavy atom. The van der Waals surface area contributed by atoms with E-state index in [0.717, 1.165) is 30.4 Å². The molecule has 0 saturated carbocycles. The Balaban J connectivity index is 2.25. The van der Waals surface area contributed by atoms with E-state index in [1.165, 1.54) is 25.0 Å². The van der Waals surface area contributed by atoms with Crippen LogP contribution in [0.5, 0.6) is 11.5 Å². The minimum Gasteiger partial charge on any atom is -0.423 e. The molecule has 0 aliphatic heterocycles. The van der Waals surface area contributed by atoms with Crippen LogP contribution in [0.4, 0.5) is 0 Å². The summed E-state index contributed by atoms with van der Waals surface area (Å²) in [6.07, 6.45) is 8.00. The predicted octanol–water partition coefficient (Wildman–Crippen LogP) is 4.31. The topological polar surface area (TPSA) is 52.6 Å². The molecule has 1 aromatic rings. The van der Waals surface area contributed by atoms with E-state index >= 15 is 0 Å². The van der Waals surface area contributed by atoms with Crippen LogP contribution in [-0.4, -0.2) is 11.9 Å². The van der Waals surface area contributed by atoms with Gasteiger partial charge in [-0.1, -0.05) is 29.4 Å². The van der Waals surface area contributed by atoms with Crippen molar-refractivity contribution in [3.05, 3.63) is 46.6 Å². The molecule has 24 heavy (non-hydrogen) atoms. The lowest BCUT2D eigenvalue weighted by Crippen LogP contribution is -2.12. The molecule has 0 heterocycles. The summed E-state index contributed by atoms with van der Waals surface area (Å²) in [5.74, 6) is -0.181. The van der Waals surface area contributed by atoms with Crippen LogP contribution < -0.4 is 9.47 Å². The van der Waals surface area contributed by atoms with Crippen molar-refractivity contribution in [2.75, 3.05) is 0 Å². The molecule has 1 aliphatic rings. The zero-order valence-electron chi connectivity index (χ0n) is 14.8. The number of fused-ring (bicyclic) bond motifs is 1. The van der Waals surface area contributed by atoms with Crippen LogP contribution in [0.25, 0.3) is 0 Å². The van der Waals surface area contributed by atoms with Crippen LogP contribution >= 0.6 is 0 Å². The summed E-state index contributed by atoms with van der Waals surface area (Å²) in [4.78, 5) is 22.7. The smallest absolute Gasteiger partial charge is 0.308 e. The van der Waals surface area contributed by atoms with Crippen molar-refractivity contribution in [3.63, 3.8) is 0 Å². The Morgan fingerprint density at radius 2 is 1.79 bits per heavy atom. The second-order valence-corrected chi connectivity index (χ2v) is 6.28. The van der Waals surface area contributed by atoms with Crippen LogP contribution in [0.3, 0.4) is 0 Å². The maximum absolute atomic E-state index is 11.4. The Morgan fingerprint density at radius 3 is 2.42 bits per heavy atom. The fraction of sp³-hybridized carbons (Fsp3) is 0.400. The van der Waals surface area contributed by atoms with E-state index in [4.69, 9.17) is 9.47 Å². The fourth-order valence-electron chi connectivity index (χ4n) is 2.83. The highest BCUT2D eigenvalue weighted by molar-refractivity contribution is 5.75. The number of benzene rings is 1. The highest BCUT2D eigenvalue weighted by Gasteiger charge is 2.21. The number of hydrogen-bond acceptors (Lipinski definition) is 4. The Labute approximate surface area is 143 Å². The molecule has 1 aliphatic carbocycles. The molecule has 0 spiro atoms. The standard InChI is InChI=1S/C20H24O4/c1-13(2)6-5-7-16-8-10-18-17(12-16)9-11-19(23-14(3)21)20(18)24-15(4)22/h6,8-9,11H,5,7,10,12H2,1-4H3. The maximum Gasteiger partial charge on any atom is 0.308 e. The highest BCUT2D eigenvalue weighted by Crippen LogP contribution is 2.38. The molecule has 0 unspecified atom stereocenters. The molecule has 0 atom stereocenters. The third kappa shape index (κ3) is 4.82. The number of allylic oxidation sites excluding steroid dienone is 4. The molecule has 128 valence electrons. The molecule has 0 saturated heterocycles. The maximum atomic E-state index is 11.4. The Hall–Kier alpha value is -2.36. The van der Waals surface area contributed by atoms with E-state index < -0.39 is 11.9 Å². The Bertz CT molecular complexity index is 707. The monoisotopic (exact) mass is 328 g/mol. The van der Waals surface area contributed by atoms with Gasteiger partial charge in [-0.2, -0.15) is 0 Å². The quantitative estimate of drug-likeness (QED) is 0.459. The molecule has 4 heteroatoms. The summed E-state index contributed by atoms with van der Waals surface area (Å²) >= 11 is 0. The number of esters is 2. The van der Waals surface area contributed by atoms with Crippen molar-refractivity contribution in [2.45, 2.75) is 53.4 Å². The van der Waals surface area contributed by atoms with Gasteiger partial charge in [0.2, 0.25) is 0 Å². The largest absolute Gasteiger partial charge is 0.423 e. The van der Waals surface area contributed by atoms with Crippen LogP contribution in [0.1, 0.15) is 51.7 Å². The van der Waals surface area contributed by atoms with Gasteiger partial charge in [0.15, 0.2) is 11.5 Å². The van der Waals surface area contributed by atoms with Gasteiger partial charge in [0.25, 0.3) is 0 Å². The van der Waals surface area contributed by atoms with E-state index in [9.17, 15) is 9.59 Å². The Kier molecular flexibility index (Phi) is 5.96. The zero-order valence-corrected chi connectivity index (χ0v) is 14.8. The SMILES string of the molecule is CC(=O)Oc1ccc2c(c1OC(C)=O)CC=C(CCC=C(C)C)C2. The predicted molar refractivity (Wildman–Crippen MR) is 93.2 cm³/mol. The van der Waals surface area contributed by atoms with Gasteiger partial charge in [-0.25, -0.2) is 0 Å². The molecule has 4 nitrogen and oxygen atoms in total. The zero-order chi connectivity index (χ0) is 17.7. The lowest BCUT2D eigenvalue weighted by molar-refractivity contribution is -0.134. The average molecular weight is 328 g/mol. The van der Waals surface area contributed by atoms with E-state index in [-0.39, 0.29) is 0 Å². The normalized spacial score (nSPS) is 12.8. The van der Waals surface area contributed by atoms with E-state index in [0.29, 0.717) is 17.9 Å². The second kappa shape index (κ2) is 7.95. The minimum absolute atomic E-state index is 0.304.